The minimum absolute atomic E-state index is 0.0789. The van der Waals surface area contributed by atoms with Crippen molar-refractivity contribution < 1.29 is 9.59 Å². The van der Waals surface area contributed by atoms with Gasteiger partial charge in [-0.15, -0.1) is 0 Å². The number of benzene rings is 1. The van der Waals surface area contributed by atoms with E-state index in [0.717, 1.165) is 45.3 Å². The van der Waals surface area contributed by atoms with Crippen LogP contribution in [0.1, 0.15) is 71.8 Å². The molecule has 5 heteroatoms. The zero-order chi connectivity index (χ0) is 23.1. The van der Waals surface area contributed by atoms with Crippen molar-refractivity contribution >= 4 is 11.8 Å². The lowest BCUT2D eigenvalue weighted by molar-refractivity contribution is -0.162. The first-order chi connectivity index (χ1) is 15.3. The quantitative estimate of drug-likeness (QED) is 0.552. The zero-order valence-corrected chi connectivity index (χ0v) is 20.6. The zero-order valence-electron chi connectivity index (χ0n) is 20.6. The van der Waals surface area contributed by atoms with Gasteiger partial charge in [0.2, 0.25) is 11.8 Å². The molecule has 1 aromatic rings. The maximum Gasteiger partial charge on any atom is 0.246 e. The number of aryl methyl sites for hydroxylation is 1. The van der Waals surface area contributed by atoms with Crippen LogP contribution in [0.15, 0.2) is 30.3 Å². The van der Waals surface area contributed by atoms with Crippen molar-refractivity contribution in [1.82, 2.24) is 15.1 Å². The smallest absolute Gasteiger partial charge is 0.246 e. The van der Waals surface area contributed by atoms with E-state index in [2.05, 4.69) is 68.2 Å². The normalized spacial score (nSPS) is 21.6. The molecule has 32 heavy (non-hydrogen) atoms. The van der Waals surface area contributed by atoms with Gasteiger partial charge in [-0.25, -0.2) is 0 Å². The molecule has 178 valence electrons. The van der Waals surface area contributed by atoms with E-state index in [9.17, 15) is 9.59 Å². The second-order valence-electron chi connectivity index (χ2n) is 10.6. The van der Waals surface area contributed by atoms with E-state index < -0.39 is 5.54 Å². The van der Waals surface area contributed by atoms with Crippen molar-refractivity contribution in [3.63, 3.8) is 0 Å². The number of likely N-dealkylation sites (tertiary alicyclic amines) is 1. The number of carbonyl (C=O) groups excluding carboxylic acids is 2. The lowest BCUT2D eigenvalue weighted by atomic mass is 9.80. The number of unbranched alkanes of at least 4 members (excludes halogenated alkanes) is 1. The maximum atomic E-state index is 13.4. The molecule has 0 aromatic heterocycles. The fourth-order valence-corrected chi connectivity index (χ4v) is 5.17. The fraction of sp³-hybridized carbons (Fsp3) is 0.704. The first kappa shape index (κ1) is 24.8. The molecule has 2 heterocycles. The molecule has 2 aliphatic heterocycles. The summed E-state index contributed by atoms with van der Waals surface area (Å²) in [5.41, 5.74) is 0.749. The Kier molecular flexibility index (Phi) is 8.75. The number of amides is 2. The molecule has 1 N–H and O–H groups in total. The highest BCUT2D eigenvalue weighted by Crippen LogP contribution is 2.34. The number of piperidine rings is 1. The number of hydrogen-bond acceptors (Lipinski definition) is 3. The monoisotopic (exact) mass is 441 g/mol. The van der Waals surface area contributed by atoms with Gasteiger partial charge in [-0.2, -0.15) is 0 Å². The third kappa shape index (κ3) is 6.12. The van der Waals surface area contributed by atoms with Crippen LogP contribution < -0.4 is 5.32 Å². The van der Waals surface area contributed by atoms with E-state index in [-0.39, 0.29) is 17.9 Å². The Hall–Kier alpha value is -1.88. The molecule has 2 saturated heterocycles. The van der Waals surface area contributed by atoms with Gasteiger partial charge < -0.3 is 15.1 Å². The SMILES string of the molecule is CC(C)CCN1C(=O)[C@H](CC(C)C)NC(=O)C12CCN(CCCCc1ccccc1)CC2. The molecule has 2 amide bonds. The van der Waals surface area contributed by atoms with E-state index >= 15 is 0 Å². The Labute approximate surface area is 194 Å². The lowest BCUT2D eigenvalue weighted by Gasteiger charge is -2.52. The summed E-state index contributed by atoms with van der Waals surface area (Å²) in [5, 5.41) is 3.11. The lowest BCUT2D eigenvalue weighted by Crippen LogP contribution is -2.73. The molecule has 1 atom stereocenters. The summed E-state index contributed by atoms with van der Waals surface area (Å²) in [5.74, 6) is 1.10. The Morgan fingerprint density at radius 2 is 1.66 bits per heavy atom. The molecule has 1 spiro atoms. The Morgan fingerprint density at radius 3 is 2.28 bits per heavy atom. The Balaban J connectivity index is 1.57. The van der Waals surface area contributed by atoms with Crippen molar-refractivity contribution in [2.24, 2.45) is 11.8 Å². The van der Waals surface area contributed by atoms with E-state index in [0.29, 0.717) is 24.8 Å². The van der Waals surface area contributed by atoms with Gasteiger partial charge in [0.25, 0.3) is 0 Å². The van der Waals surface area contributed by atoms with Gasteiger partial charge in [-0.05, 0) is 68.9 Å². The highest BCUT2D eigenvalue weighted by molar-refractivity contribution is 6.00. The van der Waals surface area contributed by atoms with E-state index in [1.54, 1.807) is 0 Å². The van der Waals surface area contributed by atoms with Crippen LogP contribution in [0.25, 0.3) is 0 Å². The highest BCUT2D eigenvalue weighted by Gasteiger charge is 2.53. The molecule has 3 rings (SSSR count). The van der Waals surface area contributed by atoms with Crippen molar-refractivity contribution in [3.05, 3.63) is 35.9 Å². The average Bonchev–Trinajstić information content (AvgIpc) is 2.76. The third-order valence-electron chi connectivity index (χ3n) is 7.16. The molecule has 1 aromatic carbocycles. The summed E-state index contributed by atoms with van der Waals surface area (Å²) in [6, 6.07) is 10.3. The molecule has 2 fully saturated rings. The summed E-state index contributed by atoms with van der Waals surface area (Å²) in [4.78, 5) is 31.2. The summed E-state index contributed by atoms with van der Waals surface area (Å²) >= 11 is 0. The van der Waals surface area contributed by atoms with Crippen LogP contribution in [0.4, 0.5) is 0 Å². The third-order valence-corrected chi connectivity index (χ3v) is 7.16. The topological polar surface area (TPSA) is 52.7 Å². The Morgan fingerprint density at radius 1 is 0.969 bits per heavy atom. The standard InChI is InChI=1S/C27H43N3O2/c1-21(2)13-17-30-25(31)24(20-22(3)4)28-26(32)27(30)14-18-29(19-15-27)16-9-8-12-23-10-6-5-7-11-23/h5-7,10-11,21-22,24H,8-9,12-20H2,1-4H3,(H,28,32)/t24-/m0/s1. The number of piperazine rings is 1. The highest BCUT2D eigenvalue weighted by atomic mass is 16.2. The molecular formula is C27H43N3O2. The van der Waals surface area contributed by atoms with Crippen LogP contribution in [-0.4, -0.2) is 59.4 Å². The molecule has 0 radical (unpaired) electrons. The predicted octanol–water partition coefficient (Wildman–Crippen LogP) is 4.26. The molecule has 5 nitrogen and oxygen atoms in total. The van der Waals surface area contributed by atoms with Crippen LogP contribution in [-0.2, 0) is 16.0 Å². The summed E-state index contributed by atoms with van der Waals surface area (Å²) in [7, 11) is 0. The van der Waals surface area contributed by atoms with Crippen LogP contribution in [0.5, 0.6) is 0 Å². The van der Waals surface area contributed by atoms with Gasteiger partial charge in [0.05, 0.1) is 0 Å². The van der Waals surface area contributed by atoms with E-state index in [4.69, 9.17) is 0 Å². The molecule has 0 saturated carbocycles. The first-order valence-corrected chi connectivity index (χ1v) is 12.7. The number of nitrogens with zero attached hydrogens (tertiary/aromatic N) is 2. The van der Waals surface area contributed by atoms with Gasteiger partial charge in [0.15, 0.2) is 0 Å². The van der Waals surface area contributed by atoms with Gasteiger partial charge in [-0.3, -0.25) is 9.59 Å². The number of hydrogen-bond donors (Lipinski definition) is 1. The van der Waals surface area contributed by atoms with Crippen LogP contribution in [0.2, 0.25) is 0 Å². The minimum atomic E-state index is -0.653. The molecular weight excluding hydrogens is 398 g/mol. The molecule has 2 aliphatic rings. The second kappa shape index (κ2) is 11.3. The van der Waals surface area contributed by atoms with Crippen LogP contribution in [0, 0.1) is 11.8 Å². The van der Waals surface area contributed by atoms with Gasteiger partial charge in [0, 0.05) is 19.6 Å². The van der Waals surface area contributed by atoms with E-state index in [1.807, 2.05) is 4.90 Å². The summed E-state index contributed by atoms with van der Waals surface area (Å²) in [6.07, 6.45) is 6.62. The number of nitrogens with one attached hydrogen (secondary N) is 1. The summed E-state index contributed by atoms with van der Waals surface area (Å²) in [6.45, 7) is 12.1. The molecule has 0 aliphatic carbocycles. The van der Waals surface area contributed by atoms with Crippen molar-refractivity contribution in [3.8, 4) is 0 Å². The number of rotatable bonds is 10. The van der Waals surface area contributed by atoms with Crippen LogP contribution in [0.3, 0.4) is 0 Å². The molecule has 0 unspecified atom stereocenters. The van der Waals surface area contributed by atoms with Gasteiger partial charge in [0.1, 0.15) is 11.6 Å². The van der Waals surface area contributed by atoms with Crippen molar-refractivity contribution in [2.45, 2.75) is 84.2 Å². The van der Waals surface area contributed by atoms with Gasteiger partial charge >= 0.3 is 0 Å². The Bertz CT molecular complexity index is 739. The predicted molar refractivity (Wildman–Crippen MR) is 130 cm³/mol. The average molecular weight is 442 g/mol. The first-order valence-electron chi connectivity index (χ1n) is 12.7. The summed E-state index contributed by atoms with van der Waals surface area (Å²) < 4.78 is 0. The van der Waals surface area contributed by atoms with E-state index in [1.165, 1.54) is 18.4 Å². The number of carbonyl (C=O) groups is 2. The maximum absolute atomic E-state index is 13.4. The van der Waals surface area contributed by atoms with Crippen molar-refractivity contribution in [2.75, 3.05) is 26.2 Å². The molecule has 0 bridgehead atoms. The van der Waals surface area contributed by atoms with Crippen LogP contribution >= 0.6 is 0 Å². The van der Waals surface area contributed by atoms with Gasteiger partial charge in [-0.1, -0.05) is 58.0 Å². The second-order valence-corrected chi connectivity index (χ2v) is 10.6. The fourth-order valence-electron chi connectivity index (χ4n) is 5.17. The largest absolute Gasteiger partial charge is 0.342 e. The minimum Gasteiger partial charge on any atom is -0.342 e. The van der Waals surface area contributed by atoms with Crippen molar-refractivity contribution in [1.29, 1.82) is 0 Å².